The maximum Gasteiger partial charge on any atom is 0.336 e. The van der Waals surface area contributed by atoms with Gasteiger partial charge in [0.25, 0.3) is 5.91 Å². The molecule has 8 nitrogen and oxygen atoms in total. The molecule has 106 valence electrons. The molecule has 0 fully saturated rings. The van der Waals surface area contributed by atoms with Crippen LogP contribution in [0.2, 0.25) is 0 Å². The highest BCUT2D eigenvalue weighted by Gasteiger charge is 2.15. The number of para-hydroxylation sites is 1. The number of H-pyrrole nitrogens is 1. The minimum absolute atomic E-state index is 0.155. The topological polar surface area (TPSA) is 97.7 Å². The fraction of sp³-hybridized carbons (Fsp3) is 0.0769. The Balaban J connectivity index is 1.84. The fourth-order valence-electron chi connectivity index (χ4n) is 1.82. The van der Waals surface area contributed by atoms with E-state index in [4.69, 9.17) is 4.74 Å². The smallest absolute Gasteiger partial charge is 0.336 e. The summed E-state index contributed by atoms with van der Waals surface area (Å²) in [6, 6.07) is 9.60. The second-order valence-electron chi connectivity index (χ2n) is 4.11. The van der Waals surface area contributed by atoms with E-state index < -0.39 is 0 Å². The third-order valence-corrected chi connectivity index (χ3v) is 2.78. The molecule has 21 heavy (non-hydrogen) atoms. The van der Waals surface area contributed by atoms with Crippen LogP contribution in [0.25, 0.3) is 5.69 Å². The molecule has 0 saturated heterocycles. The lowest BCUT2D eigenvalue weighted by Gasteiger charge is -2.07. The number of methoxy groups -OCH3 is 1. The van der Waals surface area contributed by atoms with Crippen LogP contribution in [0, 0.1) is 0 Å². The van der Waals surface area contributed by atoms with Crippen LogP contribution in [-0.2, 0) is 0 Å². The number of aromatic amines is 1. The van der Waals surface area contributed by atoms with Crippen molar-refractivity contribution in [2.45, 2.75) is 0 Å². The lowest BCUT2D eigenvalue weighted by molar-refractivity contribution is 0.101. The summed E-state index contributed by atoms with van der Waals surface area (Å²) in [7, 11) is 1.44. The van der Waals surface area contributed by atoms with Gasteiger partial charge in [-0.15, -0.1) is 5.10 Å². The Labute approximate surface area is 119 Å². The molecule has 2 heterocycles. The first-order valence-electron chi connectivity index (χ1n) is 6.13. The van der Waals surface area contributed by atoms with Gasteiger partial charge in [0.1, 0.15) is 5.69 Å². The first kappa shape index (κ1) is 12.9. The number of carbonyl (C=O) groups excluding carboxylic acids is 1. The molecule has 0 aliphatic carbocycles. The molecule has 0 unspecified atom stereocenters. The number of aromatic nitrogens is 5. The number of nitrogens with zero attached hydrogens (tertiary/aromatic N) is 4. The average molecular weight is 284 g/mol. The van der Waals surface area contributed by atoms with Crippen molar-refractivity contribution in [1.29, 1.82) is 0 Å². The Bertz CT molecular complexity index is 749. The highest BCUT2D eigenvalue weighted by atomic mass is 16.5. The van der Waals surface area contributed by atoms with Gasteiger partial charge in [0.15, 0.2) is 0 Å². The predicted molar refractivity (Wildman–Crippen MR) is 74.5 cm³/mol. The Morgan fingerprint density at radius 2 is 2.14 bits per heavy atom. The Hall–Kier alpha value is -3.16. The van der Waals surface area contributed by atoms with E-state index in [2.05, 4.69) is 25.5 Å². The number of imidazole rings is 1. The summed E-state index contributed by atoms with van der Waals surface area (Å²) in [5.74, 6) is -0.146. The molecule has 0 bridgehead atoms. The SMILES string of the molecule is COc1n[nH]c(NC(=O)c2cncn2-c2ccccc2)n1. The molecule has 2 N–H and O–H groups in total. The van der Waals surface area contributed by atoms with Crippen molar-refractivity contribution in [3.8, 4) is 11.7 Å². The Morgan fingerprint density at radius 3 is 2.86 bits per heavy atom. The average Bonchev–Trinajstić information content (AvgIpc) is 3.17. The van der Waals surface area contributed by atoms with E-state index >= 15 is 0 Å². The molecule has 8 heteroatoms. The second kappa shape index (κ2) is 5.45. The van der Waals surface area contributed by atoms with Crippen molar-refractivity contribution in [2.75, 3.05) is 12.4 Å². The van der Waals surface area contributed by atoms with Crippen LogP contribution < -0.4 is 10.1 Å². The number of carbonyl (C=O) groups is 1. The molecular formula is C13H12N6O2. The first-order valence-corrected chi connectivity index (χ1v) is 6.13. The van der Waals surface area contributed by atoms with E-state index in [0.717, 1.165) is 5.69 Å². The number of benzene rings is 1. The van der Waals surface area contributed by atoms with E-state index in [1.54, 1.807) is 10.9 Å². The van der Waals surface area contributed by atoms with Gasteiger partial charge in [-0.25, -0.2) is 10.1 Å². The minimum atomic E-state index is -0.352. The minimum Gasteiger partial charge on any atom is -0.466 e. The van der Waals surface area contributed by atoms with Gasteiger partial charge in [-0.2, -0.15) is 4.98 Å². The highest BCUT2D eigenvalue weighted by molar-refractivity contribution is 6.02. The van der Waals surface area contributed by atoms with Crippen LogP contribution >= 0.6 is 0 Å². The van der Waals surface area contributed by atoms with Gasteiger partial charge in [0.2, 0.25) is 5.95 Å². The molecule has 0 spiro atoms. The van der Waals surface area contributed by atoms with Gasteiger partial charge >= 0.3 is 6.01 Å². The van der Waals surface area contributed by atoms with Crippen molar-refractivity contribution in [1.82, 2.24) is 24.7 Å². The molecular weight excluding hydrogens is 272 g/mol. The van der Waals surface area contributed by atoms with Gasteiger partial charge in [-0.05, 0) is 12.1 Å². The summed E-state index contributed by atoms with van der Waals surface area (Å²) in [6.07, 6.45) is 3.06. The van der Waals surface area contributed by atoms with E-state index in [-0.39, 0.29) is 17.9 Å². The number of ether oxygens (including phenoxy) is 1. The van der Waals surface area contributed by atoms with Gasteiger partial charge in [0.05, 0.1) is 19.6 Å². The van der Waals surface area contributed by atoms with E-state index in [1.165, 1.54) is 13.3 Å². The monoisotopic (exact) mass is 284 g/mol. The standard InChI is InChI=1S/C13H12N6O2/c1-21-13-16-12(17-18-13)15-11(20)10-7-14-8-19(10)9-5-3-2-4-6-9/h2-8H,1H3,(H2,15,16,17,18,20). The van der Waals surface area contributed by atoms with Crippen molar-refractivity contribution in [3.63, 3.8) is 0 Å². The van der Waals surface area contributed by atoms with E-state index in [1.807, 2.05) is 30.3 Å². The van der Waals surface area contributed by atoms with Gasteiger partial charge in [-0.3, -0.25) is 14.7 Å². The molecule has 0 aliphatic heterocycles. The third-order valence-electron chi connectivity index (χ3n) is 2.78. The first-order chi connectivity index (χ1) is 10.3. The lowest BCUT2D eigenvalue weighted by atomic mass is 10.3. The van der Waals surface area contributed by atoms with E-state index in [9.17, 15) is 4.79 Å². The van der Waals surface area contributed by atoms with Crippen molar-refractivity contribution in [3.05, 3.63) is 48.5 Å². The third kappa shape index (κ3) is 2.59. The van der Waals surface area contributed by atoms with Crippen molar-refractivity contribution >= 4 is 11.9 Å². The maximum atomic E-state index is 12.3. The summed E-state index contributed by atoms with van der Waals surface area (Å²) in [4.78, 5) is 20.2. The highest BCUT2D eigenvalue weighted by Crippen LogP contribution is 2.12. The number of hydrogen-bond acceptors (Lipinski definition) is 5. The number of rotatable bonds is 4. The largest absolute Gasteiger partial charge is 0.466 e. The normalized spacial score (nSPS) is 10.3. The molecule has 0 radical (unpaired) electrons. The Kier molecular flexibility index (Phi) is 3.34. The maximum absolute atomic E-state index is 12.3. The summed E-state index contributed by atoms with van der Waals surface area (Å²) in [6.45, 7) is 0. The van der Waals surface area contributed by atoms with E-state index in [0.29, 0.717) is 5.69 Å². The van der Waals surface area contributed by atoms with Crippen molar-refractivity contribution < 1.29 is 9.53 Å². The molecule has 0 atom stereocenters. The number of amides is 1. The summed E-state index contributed by atoms with van der Waals surface area (Å²) in [5, 5.41) is 8.92. The van der Waals surface area contributed by atoms with Gasteiger partial charge in [-0.1, -0.05) is 18.2 Å². The fourth-order valence-corrected chi connectivity index (χ4v) is 1.82. The molecule has 0 aliphatic rings. The van der Waals surface area contributed by atoms with Gasteiger partial charge in [0, 0.05) is 5.69 Å². The van der Waals surface area contributed by atoms with Gasteiger partial charge < -0.3 is 4.74 Å². The molecule has 3 aromatic rings. The number of anilines is 1. The lowest BCUT2D eigenvalue weighted by Crippen LogP contribution is -2.16. The molecule has 1 amide bonds. The second-order valence-corrected chi connectivity index (χ2v) is 4.11. The van der Waals surface area contributed by atoms with Crippen molar-refractivity contribution in [2.24, 2.45) is 0 Å². The van der Waals surface area contributed by atoms with Crippen LogP contribution in [0.5, 0.6) is 6.01 Å². The molecule has 3 rings (SSSR count). The summed E-state index contributed by atoms with van der Waals surface area (Å²) >= 11 is 0. The number of hydrogen-bond donors (Lipinski definition) is 2. The molecule has 0 saturated carbocycles. The summed E-state index contributed by atoms with van der Waals surface area (Å²) < 4.78 is 6.52. The van der Waals surface area contributed by atoms with Crippen LogP contribution in [0.3, 0.4) is 0 Å². The van der Waals surface area contributed by atoms with Crippen LogP contribution in [0.15, 0.2) is 42.9 Å². The zero-order chi connectivity index (χ0) is 14.7. The zero-order valence-electron chi connectivity index (χ0n) is 11.1. The van der Waals surface area contributed by atoms with Crippen LogP contribution in [0.1, 0.15) is 10.5 Å². The zero-order valence-corrected chi connectivity index (χ0v) is 11.1. The Morgan fingerprint density at radius 1 is 1.33 bits per heavy atom. The summed E-state index contributed by atoms with van der Waals surface area (Å²) in [5.41, 5.74) is 1.23. The van der Waals surface area contributed by atoms with Crippen LogP contribution in [-0.4, -0.2) is 37.7 Å². The van der Waals surface area contributed by atoms with Crippen LogP contribution in [0.4, 0.5) is 5.95 Å². The number of nitrogens with one attached hydrogen (secondary N) is 2. The molecule has 1 aromatic carbocycles. The molecule has 2 aromatic heterocycles. The quantitative estimate of drug-likeness (QED) is 0.751. The predicted octanol–water partition coefficient (Wildman–Crippen LogP) is 1.25.